The Morgan fingerprint density at radius 1 is 1.23 bits per heavy atom. The number of hydrogen-bond acceptors (Lipinski definition) is 6. The minimum absolute atomic E-state index is 0.0446. The molecule has 144 valence electrons. The van der Waals surface area contributed by atoms with Crippen LogP contribution in [0.4, 0.5) is 0 Å². The third-order valence-corrected chi connectivity index (χ3v) is 7.91. The molecule has 1 aliphatic carbocycles. The van der Waals surface area contributed by atoms with Crippen LogP contribution in [0, 0.1) is 0 Å². The number of carbonyl (C=O) groups excluding carboxylic acids is 2. The molecule has 0 spiro atoms. The van der Waals surface area contributed by atoms with Crippen molar-refractivity contribution in [2.24, 2.45) is 0 Å². The SMILES string of the molecule is C[C@H](OC(=O)c1cc2c(s1)CCCCCC2)C(=O)N[C@H]1CCS(=O)(=O)C1. The lowest BCUT2D eigenvalue weighted by molar-refractivity contribution is -0.129. The fourth-order valence-corrected chi connectivity index (χ4v) is 6.25. The van der Waals surface area contributed by atoms with E-state index >= 15 is 0 Å². The second-order valence-electron chi connectivity index (χ2n) is 7.13. The van der Waals surface area contributed by atoms with Crippen molar-refractivity contribution in [3.8, 4) is 0 Å². The number of esters is 1. The summed E-state index contributed by atoms with van der Waals surface area (Å²) in [5.41, 5.74) is 1.23. The van der Waals surface area contributed by atoms with Crippen LogP contribution in [0.25, 0.3) is 0 Å². The molecule has 1 fully saturated rings. The van der Waals surface area contributed by atoms with E-state index in [9.17, 15) is 18.0 Å². The minimum Gasteiger partial charge on any atom is -0.448 e. The van der Waals surface area contributed by atoms with Gasteiger partial charge in [-0.15, -0.1) is 11.3 Å². The number of ether oxygens (including phenoxy) is 1. The number of rotatable bonds is 4. The maximum Gasteiger partial charge on any atom is 0.349 e. The lowest BCUT2D eigenvalue weighted by atomic mass is 10.00. The first kappa shape index (κ1) is 19.4. The third kappa shape index (κ3) is 4.85. The number of fused-ring (bicyclic) bond motifs is 1. The molecule has 2 heterocycles. The van der Waals surface area contributed by atoms with E-state index in [0.29, 0.717) is 11.3 Å². The van der Waals surface area contributed by atoms with Crippen molar-refractivity contribution >= 4 is 33.1 Å². The van der Waals surface area contributed by atoms with Gasteiger partial charge in [0.25, 0.3) is 5.91 Å². The van der Waals surface area contributed by atoms with Crippen molar-refractivity contribution in [2.45, 2.75) is 64.0 Å². The van der Waals surface area contributed by atoms with Gasteiger partial charge in [-0.25, -0.2) is 13.2 Å². The Morgan fingerprint density at radius 3 is 2.65 bits per heavy atom. The third-order valence-electron chi connectivity index (χ3n) is 4.93. The number of amides is 1. The van der Waals surface area contributed by atoms with Crippen LogP contribution < -0.4 is 5.32 Å². The van der Waals surface area contributed by atoms with Gasteiger partial charge >= 0.3 is 5.97 Å². The maximum atomic E-state index is 12.4. The average Bonchev–Trinajstić information content (AvgIpc) is 3.10. The number of thiophene rings is 1. The van der Waals surface area contributed by atoms with Crippen LogP contribution in [0.2, 0.25) is 0 Å². The molecule has 2 aliphatic rings. The zero-order valence-corrected chi connectivity index (χ0v) is 16.6. The summed E-state index contributed by atoms with van der Waals surface area (Å²) in [7, 11) is -3.06. The quantitative estimate of drug-likeness (QED) is 0.785. The van der Waals surface area contributed by atoms with Gasteiger partial charge < -0.3 is 10.1 Å². The fourth-order valence-electron chi connectivity index (χ4n) is 3.44. The molecule has 1 aromatic heterocycles. The van der Waals surface area contributed by atoms with E-state index in [-0.39, 0.29) is 11.5 Å². The predicted molar refractivity (Wildman–Crippen MR) is 100 cm³/mol. The second-order valence-corrected chi connectivity index (χ2v) is 10.5. The first-order valence-corrected chi connectivity index (χ1v) is 11.8. The smallest absolute Gasteiger partial charge is 0.349 e. The van der Waals surface area contributed by atoms with E-state index < -0.39 is 33.9 Å². The van der Waals surface area contributed by atoms with Crippen molar-refractivity contribution in [3.05, 3.63) is 21.4 Å². The summed E-state index contributed by atoms with van der Waals surface area (Å²) in [5.74, 6) is -0.886. The van der Waals surface area contributed by atoms with Crippen LogP contribution in [0.1, 0.15) is 59.1 Å². The first-order valence-electron chi connectivity index (χ1n) is 9.17. The van der Waals surface area contributed by atoms with E-state index in [2.05, 4.69) is 5.32 Å². The molecule has 2 atom stereocenters. The van der Waals surface area contributed by atoms with Crippen molar-refractivity contribution in [1.82, 2.24) is 5.32 Å². The molecule has 6 nitrogen and oxygen atoms in total. The molecule has 3 rings (SSSR count). The molecule has 1 saturated heterocycles. The van der Waals surface area contributed by atoms with Crippen molar-refractivity contribution < 1.29 is 22.7 Å². The van der Waals surface area contributed by atoms with E-state index in [0.717, 1.165) is 25.7 Å². The number of carbonyl (C=O) groups is 2. The highest BCUT2D eigenvalue weighted by molar-refractivity contribution is 7.91. The second kappa shape index (κ2) is 8.08. The number of aryl methyl sites for hydroxylation is 2. The lowest BCUT2D eigenvalue weighted by Crippen LogP contribution is -2.42. The van der Waals surface area contributed by atoms with Crippen LogP contribution in [-0.2, 0) is 32.2 Å². The van der Waals surface area contributed by atoms with Crippen molar-refractivity contribution in [2.75, 3.05) is 11.5 Å². The zero-order valence-electron chi connectivity index (χ0n) is 15.0. The molecule has 0 unspecified atom stereocenters. The summed E-state index contributed by atoms with van der Waals surface area (Å²) in [5, 5.41) is 2.66. The molecule has 0 bridgehead atoms. The van der Waals surface area contributed by atoms with Gasteiger partial charge in [0, 0.05) is 10.9 Å². The molecule has 0 radical (unpaired) electrons. The Bertz CT molecular complexity index is 758. The summed E-state index contributed by atoms with van der Waals surface area (Å²) in [6.45, 7) is 1.51. The predicted octanol–water partition coefficient (Wildman–Crippen LogP) is 2.26. The average molecular weight is 400 g/mol. The molecular weight excluding hydrogens is 374 g/mol. The largest absolute Gasteiger partial charge is 0.448 e. The summed E-state index contributed by atoms with van der Waals surface area (Å²) in [6.07, 6.45) is 6.19. The van der Waals surface area contributed by atoms with Crippen LogP contribution in [0.15, 0.2) is 6.07 Å². The number of hydrogen-bond donors (Lipinski definition) is 1. The molecule has 1 aromatic rings. The Kier molecular flexibility index (Phi) is 6.02. The van der Waals surface area contributed by atoms with Crippen LogP contribution >= 0.6 is 11.3 Å². The Balaban J connectivity index is 1.57. The summed E-state index contributed by atoms with van der Waals surface area (Å²) < 4.78 is 28.2. The normalized spacial score (nSPS) is 23.3. The molecule has 1 N–H and O–H groups in total. The van der Waals surface area contributed by atoms with E-state index in [4.69, 9.17) is 4.74 Å². The molecule has 0 saturated carbocycles. The summed E-state index contributed by atoms with van der Waals surface area (Å²) in [4.78, 5) is 26.4. The fraction of sp³-hybridized carbons (Fsp3) is 0.667. The van der Waals surface area contributed by atoms with Gasteiger partial charge in [-0.2, -0.15) is 0 Å². The van der Waals surface area contributed by atoms with Gasteiger partial charge in [0.15, 0.2) is 15.9 Å². The van der Waals surface area contributed by atoms with Crippen LogP contribution in [-0.4, -0.2) is 43.9 Å². The molecular formula is C18H25NO5S2. The summed E-state index contributed by atoms with van der Waals surface area (Å²) >= 11 is 1.47. The highest BCUT2D eigenvalue weighted by atomic mass is 32.2. The molecule has 0 aromatic carbocycles. The van der Waals surface area contributed by atoms with Gasteiger partial charge in [0.05, 0.1) is 11.5 Å². The van der Waals surface area contributed by atoms with Gasteiger partial charge in [0.1, 0.15) is 4.88 Å². The Morgan fingerprint density at radius 2 is 1.96 bits per heavy atom. The Hall–Kier alpha value is -1.41. The van der Waals surface area contributed by atoms with Crippen LogP contribution in [0.5, 0.6) is 0 Å². The highest BCUT2D eigenvalue weighted by Crippen LogP contribution is 2.29. The first-order chi connectivity index (χ1) is 12.3. The number of nitrogens with one attached hydrogen (secondary N) is 1. The molecule has 8 heteroatoms. The zero-order chi connectivity index (χ0) is 18.7. The van der Waals surface area contributed by atoms with Gasteiger partial charge in [-0.05, 0) is 50.7 Å². The van der Waals surface area contributed by atoms with Gasteiger partial charge in [-0.1, -0.05) is 12.8 Å². The minimum atomic E-state index is -3.06. The lowest BCUT2D eigenvalue weighted by Gasteiger charge is -2.16. The van der Waals surface area contributed by atoms with E-state index in [1.165, 1.54) is 41.5 Å². The molecule has 1 aliphatic heterocycles. The monoisotopic (exact) mass is 399 g/mol. The van der Waals surface area contributed by atoms with E-state index in [1.54, 1.807) is 0 Å². The Labute approximate surface area is 158 Å². The van der Waals surface area contributed by atoms with Gasteiger partial charge in [-0.3, -0.25) is 4.79 Å². The van der Waals surface area contributed by atoms with E-state index in [1.807, 2.05) is 6.07 Å². The summed E-state index contributed by atoms with van der Waals surface area (Å²) in [6, 6.07) is 1.51. The van der Waals surface area contributed by atoms with Gasteiger partial charge in [0.2, 0.25) is 0 Å². The van der Waals surface area contributed by atoms with Crippen molar-refractivity contribution in [3.63, 3.8) is 0 Å². The maximum absolute atomic E-state index is 12.4. The molecule has 1 amide bonds. The highest BCUT2D eigenvalue weighted by Gasteiger charge is 2.31. The number of sulfone groups is 1. The topological polar surface area (TPSA) is 89.5 Å². The van der Waals surface area contributed by atoms with Crippen LogP contribution in [0.3, 0.4) is 0 Å². The standard InChI is InChI=1S/C18H25NO5S2/c1-12(17(20)19-14-8-9-26(22,23)11-14)24-18(21)16-10-13-6-4-2-3-5-7-15(13)25-16/h10,12,14H,2-9,11H2,1H3,(H,19,20)/t12-,14-/m0/s1. The van der Waals surface area contributed by atoms with Crippen molar-refractivity contribution in [1.29, 1.82) is 0 Å². The molecule has 26 heavy (non-hydrogen) atoms.